The summed E-state index contributed by atoms with van der Waals surface area (Å²) in [4.78, 5) is 0. The van der Waals surface area contributed by atoms with Crippen LogP contribution in [0.5, 0.6) is 0 Å². The van der Waals surface area contributed by atoms with Gasteiger partial charge in [-0.3, -0.25) is 0 Å². The highest BCUT2D eigenvalue weighted by molar-refractivity contribution is 5.34. The van der Waals surface area contributed by atoms with Crippen molar-refractivity contribution in [3.8, 4) is 0 Å². The zero-order valence-corrected chi connectivity index (χ0v) is 8.09. The van der Waals surface area contributed by atoms with Crippen LogP contribution in [0.25, 0.3) is 0 Å². The van der Waals surface area contributed by atoms with Gasteiger partial charge in [0.25, 0.3) is 0 Å². The predicted octanol–water partition coefficient (Wildman–Crippen LogP) is 1.36. The van der Waals surface area contributed by atoms with Crippen LogP contribution in [0.1, 0.15) is 23.6 Å². The van der Waals surface area contributed by atoms with Gasteiger partial charge >= 0.3 is 0 Å². The first-order chi connectivity index (χ1) is 6.81. The van der Waals surface area contributed by atoms with Crippen molar-refractivity contribution in [2.75, 3.05) is 13.1 Å². The summed E-state index contributed by atoms with van der Waals surface area (Å²) in [6, 6.07) is 5.42. The molecule has 1 atom stereocenters. The molecule has 1 unspecified atom stereocenters. The van der Waals surface area contributed by atoms with Crippen molar-refractivity contribution in [3.05, 3.63) is 35.1 Å². The summed E-state index contributed by atoms with van der Waals surface area (Å²) in [6.45, 7) is 1.47. The maximum absolute atomic E-state index is 12.9. The molecule has 14 heavy (non-hydrogen) atoms. The highest BCUT2D eigenvalue weighted by Crippen LogP contribution is 2.31. The summed E-state index contributed by atoms with van der Waals surface area (Å²) in [7, 11) is 0. The Bertz CT molecular complexity index is 325. The molecule has 0 aromatic heterocycles. The first kappa shape index (κ1) is 9.62. The second-order valence-electron chi connectivity index (χ2n) is 3.68. The average Bonchev–Trinajstić information content (AvgIpc) is 2.57. The van der Waals surface area contributed by atoms with E-state index in [4.69, 9.17) is 5.73 Å². The molecule has 3 N–H and O–H groups in total. The molecule has 2 nitrogen and oxygen atoms in total. The van der Waals surface area contributed by atoms with Crippen LogP contribution in [0.3, 0.4) is 0 Å². The largest absolute Gasteiger partial charge is 0.329 e. The van der Waals surface area contributed by atoms with Gasteiger partial charge in [0, 0.05) is 19.1 Å². The molecule has 0 spiro atoms. The van der Waals surface area contributed by atoms with Crippen molar-refractivity contribution in [1.82, 2.24) is 5.32 Å². The van der Waals surface area contributed by atoms with Crippen LogP contribution in [0.4, 0.5) is 4.39 Å². The number of halogens is 1. The summed E-state index contributed by atoms with van der Waals surface area (Å²) < 4.78 is 12.9. The fourth-order valence-corrected chi connectivity index (χ4v) is 2.06. The summed E-state index contributed by atoms with van der Waals surface area (Å²) in [5, 5.41) is 3.36. The SMILES string of the molecule is NCCNC1CCc2cc(F)ccc21. The minimum atomic E-state index is -0.136. The molecule has 0 radical (unpaired) electrons. The lowest BCUT2D eigenvalue weighted by molar-refractivity contribution is 0.538. The molecule has 0 saturated carbocycles. The van der Waals surface area contributed by atoms with E-state index in [0.29, 0.717) is 12.6 Å². The number of hydrogen-bond donors (Lipinski definition) is 2. The molecule has 0 heterocycles. The van der Waals surface area contributed by atoms with Gasteiger partial charge in [0.15, 0.2) is 0 Å². The summed E-state index contributed by atoms with van der Waals surface area (Å²) in [5.74, 6) is -0.136. The number of hydrogen-bond acceptors (Lipinski definition) is 2. The third kappa shape index (κ3) is 1.79. The molecular weight excluding hydrogens is 179 g/mol. The zero-order chi connectivity index (χ0) is 9.97. The van der Waals surface area contributed by atoms with Crippen LogP contribution in [-0.4, -0.2) is 13.1 Å². The van der Waals surface area contributed by atoms with E-state index in [-0.39, 0.29) is 5.82 Å². The van der Waals surface area contributed by atoms with Crippen LogP contribution < -0.4 is 11.1 Å². The second kappa shape index (κ2) is 4.07. The number of rotatable bonds is 3. The minimum Gasteiger partial charge on any atom is -0.329 e. The second-order valence-corrected chi connectivity index (χ2v) is 3.68. The Balaban J connectivity index is 2.14. The Hall–Kier alpha value is -0.930. The predicted molar refractivity (Wildman–Crippen MR) is 54.5 cm³/mol. The lowest BCUT2D eigenvalue weighted by Gasteiger charge is -2.12. The number of fused-ring (bicyclic) bond motifs is 1. The number of aryl methyl sites for hydroxylation is 1. The fourth-order valence-electron chi connectivity index (χ4n) is 2.06. The lowest BCUT2D eigenvalue weighted by atomic mass is 10.1. The molecule has 76 valence electrons. The van der Waals surface area contributed by atoms with E-state index in [0.717, 1.165) is 24.9 Å². The van der Waals surface area contributed by atoms with Crippen LogP contribution in [-0.2, 0) is 6.42 Å². The van der Waals surface area contributed by atoms with Gasteiger partial charge in [-0.15, -0.1) is 0 Å². The Kier molecular flexibility index (Phi) is 2.79. The minimum absolute atomic E-state index is 0.136. The van der Waals surface area contributed by atoms with E-state index in [1.54, 1.807) is 6.07 Å². The summed E-state index contributed by atoms with van der Waals surface area (Å²) >= 11 is 0. The van der Waals surface area contributed by atoms with Crippen molar-refractivity contribution in [2.45, 2.75) is 18.9 Å². The van der Waals surface area contributed by atoms with Gasteiger partial charge in [-0.05, 0) is 36.1 Å². The molecule has 0 saturated heterocycles. The van der Waals surface area contributed by atoms with Gasteiger partial charge in [0.2, 0.25) is 0 Å². The van der Waals surface area contributed by atoms with Crippen LogP contribution >= 0.6 is 0 Å². The van der Waals surface area contributed by atoms with Gasteiger partial charge < -0.3 is 11.1 Å². The molecule has 1 aliphatic rings. The van der Waals surface area contributed by atoms with E-state index in [9.17, 15) is 4.39 Å². The summed E-state index contributed by atoms with van der Waals surface area (Å²) in [6.07, 6.45) is 2.02. The van der Waals surface area contributed by atoms with Crippen molar-refractivity contribution >= 4 is 0 Å². The van der Waals surface area contributed by atoms with Crippen molar-refractivity contribution < 1.29 is 4.39 Å². The highest BCUT2D eigenvalue weighted by atomic mass is 19.1. The van der Waals surface area contributed by atoms with E-state index in [2.05, 4.69) is 5.32 Å². The van der Waals surface area contributed by atoms with E-state index < -0.39 is 0 Å². The third-order valence-electron chi connectivity index (χ3n) is 2.72. The quantitative estimate of drug-likeness (QED) is 0.762. The topological polar surface area (TPSA) is 38.0 Å². The normalized spacial score (nSPS) is 19.7. The lowest BCUT2D eigenvalue weighted by Crippen LogP contribution is -2.25. The maximum Gasteiger partial charge on any atom is 0.123 e. The molecule has 1 aromatic rings. The van der Waals surface area contributed by atoms with Crippen molar-refractivity contribution in [1.29, 1.82) is 0 Å². The van der Waals surface area contributed by atoms with Gasteiger partial charge in [0.05, 0.1) is 0 Å². The molecule has 0 bridgehead atoms. The van der Waals surface area contributed by atoms with Crippen LogP contribution in [0.2, 0.25) is 0 Å². The Morgan fingerprint density at radius 3 is 3.14 bits per heavy atom. The zero-order valence-electron chi connectivity index (χ0n) is 8.09. The van der Waals surface area contributed by atoms with E-state index in [1.807, 2.05) is 6.07 Å². The number of nitrogens with one attached hydrogen (secondary N) is 1. The molecule has 3 heteroatoms. The van der Waals surface area contributed by atoms with Crippen molar-refractivity contribution in [2.24, 2.45) is 5.73 Å². The maximum atomic E-state index is 12.9. The fraction of sp³-hybridized carbons (Fsp3) is 0.455. The van der Waals surface area contributed by atoms with Gasteiger partial charge in [-0.25, -0.2) is 4.39 Å². The Morgan fingerprint density at radius 2 is 2.36 bits per heavy atom. The highest BCUT2D eigenvalue weighted by Gasteiger charge is 2.21. The number of nitrogens with two attached hydrogens (primary N) is 1. The van der Waals surface area contributed by atoms with Crippen LogP contribution in [0, 0.1) is 5.82 Å². The third-order valence-corrected chi connectivity index (χ3v) is 2.72. The molecule has 0 fully saturated rings. The van der Waals surface area contributed by atoms with Crippen molar-refractivity contribution in [3.63, 3.8) is 0 Å². The summed E-state index contributed by atoms with van der Waals surface area (Å²) in [5.41, 5.74) is 7.80. The van der Waals surface area contributed by atoms with E-state index >= 15 is 0 Å². The first-order valence-electron chi connectivity index (χ1n) is 5.03. The molecule has 2 rings (SSSR count). The molecule has 0 aliphatic heterocycles. The standard InChI is InChI=1S/C11H15FN2/c12-9-2-3-10-8(7-9)1-4-11(10)14-6-5-13/h2-3,7,11,14H,1,4-6,13H2. The molecule has 1 aromatic carbocycles. The Morgan fingerprint density at radius 1 is 1.50 bits per heavy atom. The Labute approximate surface area is 83.3 Å². The molecular formula is C11H15FN2. The molecule has 0 amide bonds. The monoisotopic (exact) mass is 194 g/mol. The smallest absolute Gasteiger partial charge is 0.123 e. The van der Waals surface area contributed by atoms with Gasteiger partial charge in [-0.1, -0.05) is 6.07 Å². The van der Waals surface area contributed by atoms with E-state index in [1.165, 1.54) is 11.6 Å². The number of benzene rings is 1. The average molecular weight is 194 g/mol. The van der Waals surface area contributed by atoms with Gasteiger partial charge in [0.1, 0.15) is 5.82 Å². The first-order valence-corrected chi connectivity index (χ1v) is 5.03. The van der Waals surface area contributed by atoms with Gasteiger partial charge in [-0.2, -0.15) is 0 Å². The van der Waals surface area contributed by atoms with Crippen LogP contribution in [0.15, 0.2) is 18.2 Å². The molecule has 1 aliphatic carbocycles.